The molecule has 1 saturated carbocycles. The molecule has 2 heterocycles. The predicted octanol–water partition coefficient (Wildman–Crippen LogP) is 2.39. The van der Waals surface area contributed by atoms with E-state index in [0.29, 0.717) is 11.4 Å². The summed E-state index contributed by atoms with van der Waals surface area (Å²) in [4.78, 5) is 15.5. The molecule has 3 rings (SSSR count). The van der Waals surface area contributed by atoms with Gasteiger partial charge in [-0.1, -0.05) is 12.8 Å². The van der Waals surface area contributed by atoms with Crippen LogP contribution in [-0.4, -0.2) is 25.7 Å². The van der Waals surface area contributed by atoms with Crippen LogP contribution in [0, 0.1) is 6.92 Å². The molecule has 0 saturated heterocycles. The number of rotatable bonds is 2. The SMILES string of the molecule is Cc1ccc2c(C(=O)O)nc(C3CCCC3)n2n1. The molecule has 0 atom stereocenters. The number of aryl methyl sites for hydroxylation is 1. The van der Waals surface area contributed by atoms with Crippen molar-refractivity contribution in [1.82, 2.24) is 14.6 Å². The zero-order chi connectivity index (χ0) is 12.7. The first-order valence-electron chi connectivity index (χ1n) is 6.26. The minimum absolute atomic E-state index is 0.115. The Morgan fingerprint density at radius 2 is 2.11 bits per heavy atom. The quantitative estimate of drug-likeness (QED) is 0.882. The molecule has 0 radical (unpaired) electrons. The average Bonchev–Trinajstić information content (AvgIpc) is 2.93. The number of aromatic nitrogens is 3. The summed E-state index contributed by atoms with van der Waals surface area (Å²) in [5, 5.41) is 13.6. The van der Waals surface area contributed by atoms with E-state index in [2.05, 4.69) is 10.1 Å². The van der Waals surface area contributed by atoms with Crippen molar-refractivity contribution in [2.75, 3.05) is 0 Å². The van der Waals surface area contributed by atoms with Gasteiger partial charge in [0.05, 0.1) is 11.2 Å². The summed E-state index contributed by atoms with van der Waals surface area (Å²) >= 11 is 0. The summed E-state index contributed by atoms with van der Waals surface area (Å²) < 4.78 is 1.72. The third-order valence-electron chi connectivity index (χ3n) is 3.58. The zero-order valence-corrected chi connectivity index (χ0v) is 10.3. The van der Waals surface area contributed by atoms with E-state index < -0.39 is 5.97 Å². The molecule has 1 N–H and O–H groups in total. The lowest BCUT2D eigenvalue weighted by molar-refractivity contribution is 0.0693. The summed E-state index contributed by atoms with van der Waals surface area (Å²) in [6.45, 7) is 1.90. The van der Waals surface area contributed by atoms with Crippen LogP contribution in [0.5, 0.6) is 0 Å². The number of carboxylic acids is 1. The van der Waals surface area contributed by atoms with Crippen molar-refractivity contribution in [3.8, 4) is 0 Å². The monoisotopic (exact) mass is 245 g/mol. The first kappa shape index (κ1) is 11.2. The lowest BCUT2D eigenvalue weighted by atomic mass is 10.1. The summed E-state index contributed by atoms with van der Waals surface area (Å²) in [5.74, 6) is 0.172. The summed E-state index contributed by atoms with van der Waals surface area (Å²) in [7, 11) is 0. The van der Waals surface area contributed by atoms with E-state index in [-0.39, 0.29) is 5.69 Å². The minimum Gasteiger partial charge on any atom is -0.476 e. The largest absolute Gasteiger partial charge is 0.476 e. The van der Waals surface area contributed by atoms with Gasteiger partial charge in [0, 0.05) is 5.92 Å². The molecular weight excluding hydrogens is 230 g/mol. The maximum absolute atomic E-state index is 11.2. The summed E-state index contributed by atoms with van der Waals surface area (Å²) in [5.41, 5.74) is 1.58. The molecular formula is C13H15N3O2. The molecule has 0 amide bonds. The molecule has 1 aliphatic rings. The number of carboxylic acid groups (broad SMARTS) is 1. The third kappa shape index (κ3) is 1.66. The second-order valence-corrected chi connectivity index (χ2v) is 4.88. The second-order valence-electron chi connectivity index (χ2n) is 4.88. The van der Waals surface area contributed by atoms with Crippen LogP contribution in [-0.2, 0) is 0 Å². The van der Waals surface area contributed by atoms with Crippen LogP contribution in [0.1, 0.15) is 53.6 Å². The molecule has 0 spiro atoms. The lowest BCUT2D eigenvalue weighted by Gasteiger charge is -2.06. The Labute approximate surface area is 104 Å². The Bertz CT molecular complexity index is 612. The number of hydrogen-bond donors (Lipinski definition) is 1. The topological polar surface area (TPSA) is 67.5 Å². The van der Waals surface area contributed by atoms with Crippen LogP contribution in [0.3, 0.4) is 0 Å². The second kappa shape index (κ2) is 4.08. The Morgan fingerprint density at radius 3 is 2.78 bits per heavy atom. The van der Waals surface area contributed by atoms with Crippen molar-refractivity contribution < 1.29 is 9.90 Å². The first-order chi connectivity index (χ1) is 8.66. The smallest absolute Gasteiger partial charge is 0.356 e. The number of imidazole rings is 1. The van der Waals surface area contributed by atoms with Gasteiger partial charge >= 0.3 is 5.97 Å². The molecule has 1 aliphatic carbocycles. The van der Waals surface area contributed by atoms with Crippen molar-refractivity contribution in [2.24, 2.45) is 0 Å². The fourth-order valence-electron chi connectivity index (χ4n) is 2.69. The van der Waals surface area contributed by atoms with Gasteiger partial charge in [0.2, 0.25) is 0 Å². The van der Waals surface area contributed by atoms with E-state index in [1.165, 1.54) is 12.8 Å². The van der Waals surface area contributed by atoms with Gasteiger partial charge in [-0.15, -0.1) is 0 Å². The lowest BCUT2D eigenvalue weighted by Crippen LogP contribution is -2.03. The fraction of sp³-hybridized carbons (Fsp3) is 0.462. The number of aromatic carboxylic acids is 1. The van der Waals surface area contributed by atoms with Crippen LogP contribution < -0.4 is 0 Å². The van der Waals surface area contributed by atoms with Gasteiger partial charge in [0.1, 0.15) is 5.82 Å². The summed E-state index contributed by atoms with van der Waals surface area (Å²) in [6.07, 6.45) is 4.53. The molecule has 5 nitrogen and oxygen atoms in total. The highest BCUT2D eigenvalue weighted by Crippen LogP contribution is 2.34. The van der Waals surface area contributed by atoms with E-state index in [1.807, 2.05) is 13.0 Å². The Balaban J connectivity index is 2.23. The van der Waals surface area contributed by atoms with Crippen molar-refractivity contribution in [3.05, 3.63) is 29.3 Å². The maximum Gasteiger partial charge on any atom is 0.356 e. The van der Waals surface area contributed by atoms with E-state index in [4.69, 9.17) is 0 Å². The Hall–Kier alpha value is -1.91. The average molecular weight is 245 g/mol. The van der Waals surface area contributed by atoms with Gasteiger partial charge in [0.25, 0.3) is 0 Å². The first-order valence-corrected chi connectivity index (χ1v) is 6.26. The Morgan fingerprint density at radius 1 is 1.39 bits per heavy atom. The highest BCUT2D eigenvalue weighted by atomic mass is 16.4. The molecule has 94 valence electrons. The standard InChI is InChI=1S/C13H15N3O2/c1-8-6-7-10-11(13(17)18)14-12(16(10)15-8)9-4-2-3-5-9/h6-7,9H,2-5H2,1H3,(H,17,18). The minimum atomic E-state index is -0.984. The van der Waals surface area contributed by atoms with Gasteiger partial charge in [-0.2, -0.15) is 5.10 Å². The van der Waals surface area contributed by atoms with Crippen LogP contribution >= 0.6 is 0 Å². The molecule has 0 unspecified atom stereocenters. The van der Waals surface area contributed by atoms with Gasteiger partial charge in [-0.25, -0.2) is 14.3 Å². The molecule has 0 aromatic carbocycles. The molecule has 0 aliphatic heterocycles. The van der Waals surface area contributed by atoms with Gasteiger partial charge in [-0.3, -0.25) is 0 Å². The highest BCUT2D eigenvalue weighted by Gasteiger charge is 2.26. The van der Waals surface area contributed by atoms with Gasteiger partial charge in [-0.05, 0) is 31.9 Å². The third-order valence-corrected chi connectivity index (χ3v) is 3.58. The van der Waals surface area contributed by atoms with E-state index in [1.54, 1.807) is 10.6 Å². The molecule has 0 bridgehead atoms. The number of carbonyl (C=O) groups is 1. The number of hydrogen-bond acceptors (Lipinski definition) is 3. The molecule has 1 fully saturated rings. The van der Waals surface area contributed by atoms with Crippen molar-refractivity contribution in [2.45, 2.75) is 38.5 Å². The zero-order valence-electron chi connectivity index (χ0n) is 10.3. The number of nitrogens with zero attached hydrogens (tertiary/aromatic N) is 3. The molecule has 2 aromatic rings. The van der Waals surface area contributed by atoms with E-state index in [0.717, 1.165) is 24.4 Å². The Kier molecular flexibility index (Phi) is 2.54. The molecule has 18 heavy (non-hydrogen) atoms. The van der Waals surface area contributed by atoms with Crippen molar-refractivity contribution in [3.63, 3.8) is 0 Å². The highest BCUT2D eigenvalue weighted by molar-refractivity contribution is 5.93. The molecule has 2 aromatic heterocycles. The van der Waals surface area contributed by atoms with Crippen LogP contribution in [0.15, 0.2) is 12.1 Å². The van der Waals surface area contributed by atoms with Gasteiger partial charge in [0.15, 0.2) is 5.69 Å². The van der Waals surface area contributed by atoms with Crippen LogP contribution in [0.25, 0.3) is 5.52 Å². The normalized spacial score (nSPS) is 16.5. The van der Waals surface area contributed by atoms with E-state index in [9.17, 15) is 9.90 Å². The maximum atomic E-state index is 11.2. The van der Waals surface area contributed by atoms with Crippen molar-refractivity contribution in [1.29, 1.82) is 0 Å². The summed E-state index contributed by atoms with van der Waals surface area (Å²) in [6, 6.07) is 3.61. The fourth-order valence-corrected chi connectivity index (χ4v) is 2.69. The van der Waals surface area contributed by atoms with E-state index >= 15 is 0 Å². The predicted molar refractivity (Wildman–Crippen MR) is 65.9 cm³/mol. The number of fused-ring (bicyclic) bond motifs is 1. The van der Waals surface area contributed by atoms with Crippen LogP contribution in [0.2, 0.25) is 0 Å². The van der Waals surface area contributed by atoms with Gasteiger partial charge < -0.3 is 5.11 Å². The van der Waals surface area contributed by atoms with Crippen LogP contribution in [0.4, 0.5) is 0 Å². The molecule has 5 heteroatoms. The van der Waals surface area contributed by atoms with Crippen molar-refractivity contribution >= 4 is 11.5 Å².